The number of hydrogen-bond donors (Lipinski definition) is 2. The van der Waals surface area contributed by atoms with Gasteiger partial charge in [0.1, 0.15) is 5.82 Å². The highest BCUT2D eigenvalue weighted by Gasteiger charge is 2.21. The molecule has 0 radical (unpaired) electrons. The molecule has 3 rings (SSSR count). The van der Waals surface area contributed by atoms with Crippen LogP contribution in [0.15, 0.2) is 6.07 Å². The molecule has 2 heterocycles. The van der Waals surface area contributed by atoms with Crippen molar-refractivity contribution in [3.8, 4) is 0 Å². The Kier molecular flexibility index (Phi) is 5.64. The van der Waals surface area contributed by atoms with E-state index in [0.29, 0.717) is 12.6 Å². The number of aryl methyl sites for hydroxylation is 3. The summed E-state index contributed by atoms with van der Waals surface area (Å²) in [5.74, 6) is 0.780. The molecule has 1 aliphatic carbocycles. The Morgan fingerprint density at radius 1 is 1.23 bits per heavy atom. The van der Waals surface area contributed by atoms with Crippen molar-refractivity contribution in [1.29, 1.82) is 0 Å². The molecule has 0 atom stereocenters. The van der Waals surface area contributed by atoms with E-state index in [1.807, 2.05) is 29.3 Å². The standard InChI is InChI=1S/C19H30N6O/c1-5-10-24-15(4)17(14(3)23-24)12-20-19(26)21-18-11-13(2)22-25(18)16-8-6-7-9-16/h11,16H,5-10,12H2,1-4H3,(H2,20,21,26). The van der Waals surface area contributed by atoms with Gasteiger partial charge in [0.2, 0.25) is 0 Å². The highest BCUT2D eigenvalue weighted by molar-refractivity contribution is 5.88. The van der Waals surface area contributed by atoms with Crippen molar-refractivity contribution in [1.82, 2.24) is 24.9 Å². The van der Waals surface area contributed by atoms with Crippen LogP contribution >= 0.6 is 0 Å². The van der Waals surface area contributed by atoms with Crippen LogP contribution in [0.1, 0.15) is 67.7 Å². The molecule has 2 aromatic heterocycles. The molecule has 142 valence electrons. The minimum Gasteiger partial charge on any atom is -0.334 e. The van der Waals surface area contributed by atoms with Crippen molar-refractivity contribution < 1.29 is 4.79 Å². The van der Waals surface area contributed by atoms with Gasteiger partial charge < -0.3 is 5.32 Å². The van der Waals surface area contributed by atoms with Crippen LogP contribution in [0.25, 0.3) is 0 Å². The maximum absolute atomic E-state index is 12.4. The summed E-state index contributed by atoms with van der Waals surface area (Å²) in [6.07, 6.45) is 5.77. The fraction of sp³-hybridized carbons (Fsp3) is 0.632. The Balaban J connectivity index is 1.63. The predicted octanol–water partition coefficient (Wildman–Crippen LogP) is 3.85. The lowest BCUT2D eigenvalue weighted by molar-refractivity contribution is 0.251. The number of amides is 2. The largest absolute Gasteiger partial charge is 0.334 e. The van der Waals surface area contributed by atoms with Gasteiger partial charge in [-0.2, -0.15) is 10.2 Å². The molecule has 0 bridgehead atoms. The maximum Gasteiger partial charge on any atom is 0.320 e. The van der Waals surface area contributed by atoms with Crippen molar-refractivity contribution in [2.24, 2.45) is 0 Å². The second kappa shape index (κ2) is 7.93. The first-order chi connectivity index (χ1) is 12.5. The third-order valence-corrected chi connectivity index (χ3v) is 5.16. The van der Waals surface area contributed by atoms with Gasteiger partial charge in [-0.25, -0.2) is 9.48 Å². The smallest absolute Gasteiger partial charge is 0.320 e. The topological polar surface area (TPSA) is 76.8 Å². The lowest BCUT2D eigenvalue weighted by Crippen LogP contribution is -2.30. The van der Waals surface area contributed by atoms with Crippen molar-refractivity contribution >= 4 is 11.8 Å². The van der Waals surface area contributed by atoms with E-state index in [4.69, 9.17) is 0 Å². The Hall–Kier alpha value is -2.31. The Bertz CT molecular complexity index is 769. The van der Waals surface area contributed by atoms with Crippen molar-refractivity contribution in [3.63, 3.8) is 0 Å². The number of nitrogens with zero attached hydrogens (tertiary/aromatic N) is 4. The molecule has 7 heteroatoms. The van der Waals surface area contributed by atoms with Gasteiger partial charge in [-0.1, -0.05) is 19.8 Å². The van der Waals surface area contributed by atoms with E-state index >= 15 is 0 Å². The lowest BCUT2D eigenvalue weighted by Gasteiger charge is -2.15. The quantitative estimate of drug-likeness (QED) is 0.823. The second-order valence-corrected chi connectivity index (χ2v) is 7.23. The Morgan fingerprint density at radius 3 is 2.65 bits per heavy atom. The molecule has 1 saturated carbocycles. The van der Waals surface area contributed by atoms with E-state index in [1.165, 1.54) is 12.8 Å². The number of urea groups is 1. The first-order valence-corrected chi connectivity index (χ1v) is 9.63. The van der Waals surface area contributed by atoms with Crippen LogP contribution in [0.5, 0.6) is 0 Å². The summed E-state index contributed by atoms with van der Waals surface area (Å²) >= 11 is 0. The summed E-state index contributed by atoms with van der Waals surface area (Å²) in [6, 6.07) is 2.13. The fourth-order valence-electron chi connectivity index (χ4n) is 3.79. The zero-order valence-corrected chi connectivity index (χ0v) is 16.3. The van der Waals surface area contributed by atoms with Gasteiger partial charge in [-0.15, -0.1) is 0 Å². The molecule has 0 unspecified atom stereocenters. The van der Waals surface area contributed by atoms with Crippen molar-refractivity contribution in [2.75, 3.05) is 5.32 Å². The third-order valence-electron chi connectivity index (χ3n) is 5.16. The summed E-state index contributed by atoms with van der Waals surface area (Å²) < 4.78 is 4.00. The van der Waals surface area contributed by atoms with Gasteiger partial charge in [-0.05, 0) is 40.0 Å². The fourth-order valence-corrected chi connectivity index (χ4v) is 3.79. The third kappa shape index (κ3) is 3.92. The number of rotatable bonds is 6. The highest BCUT2D eigenvalue weighted by Crippen LogP contribution is 2.31. The first kappa shape index (κ1) is 18.5. The van der Waals surface area contributed by atoms with Gasteiger partial charge in [0.25, 0.3) is 0 Å². The number of aromatic nitrogens is 4. The van der Waals surface area contributed by atoms with Crippen molar-refractivity contribution in [2.45, 2.75) is 78.9 Å². The molecule has 1 aliphatic rings. The number of hydrogen-bond acceptors (Lipinski definition) is 3. The van der Waals surface area contributed by atoms with Crippen molar-refractivity contribution in [3.05, 3.63) is 28.7 Å². The van der Waals surface area contributed by atoms with Crippen LogP contribution in [0, 0.1) is 20.8 Å². The summed E-state index contributed by atoms with van der Waals surface area (Å²) in [6.45, 7) is 9.53. The van der Waals surface area contributed by atoms with Crippen LogP contribution in [-0.4, -0.2) is 25.6 Å². The molecule has 2 aromatic rings. The monoisotopic (exact) mass is 358 g/mol. The molecule has 0 spiro atoms. The lowest BCUT2D eigenvalue weighted by atomic mass is 10.2. The summed E-state index contributed by atoms with van der Waals surface area (Å²) in [4.78, 5) is 12.4. The average molecular weight is 358 g/mol. The molecule has 0 aromatic carbocycles. The summed E-state index contributed by atoms with van der Waals surface area (Å²) in [5, 5.41) is 15.1. The molecule has 7 nitrogen and oxygen atoms in total. The molecule has 0 saturated heterocycles. The molecule has 2 N–H and O–H groups in total. The van der Waals surface area contributed by atoms with Crippen LogP contribution in [-0.2, 0) is 13.1 Å². The number of carbonyl (C=O) groups is 1. The number of nitrogens with one attached hydrogen (secondary N) is 2. The normalized spacial score (nSPS) is 14.8. The average Bonchev–Trinajstić information content (AvgIpc) is 3.28. The molecular formula is C19H30N6O. The predicted molar refractivity (Wildman–Crippen MR) is 102 cm³/mol. The van der Waals surface area contributed by atoms with Gasteiger partial charge in [-0.3, -0.25) is 10.00 Å². The summed E-state index contributed by atoms with van der Waals surface area (Å²) in [7, 11) is 0. The SMILES string of the molecule is CCCn1nc(C)c(CNC(=O)Nc2cc(C)nn2C2CCCC2)c1C. The van der Waals surface area contributed by atoms with Crippen LogP contribution in [0.3, 0.4) is 0 Å². The van der Waals surface area contributed by atoms with Crippen LogP contribution in [0.2, 0.25) is 0 Å². The van der Waals surface area contributed by atoms with Crippen LogP contribution in [0.4, 0.5) is 10.6 Å². The van der Waals surface area contributed by atoms with Crippen LogP contribution < -0.4 is 10.6 Å². The van der Waals surface area contributed by atoms with E-state index in [2.05, 4.69) is 34.7 Å². The number of anilines is 1. The van der Waals surface area contributed by atoms with E-state index < -0.39 is 0 Å². The molecule has 2 amide bonds. The van der Waals surface area contributed by atoms with Gasteiger partial charge in [0, 0.05) is 30.4 Å². The Labute approximate surface area is 155 Å². The van der Waals surface area contributed by atoms with Gasteiger partial charge in [0.05, 0.1) is 17.4 Å². The van der Waals surface area contributed by atoms with E-state index in [-0.39, 0.29) is 6.03 Å². The minimum atomic E-state index is -0.203. The van der Waals surface area contributed by atoms with E-state index in [9.17, 15) is 4.79 Å². The van der Waals surface area contributed by atoms with Gasteiger partial charge >= 0.3 is 6.03 Å². The second-order valence-electron chi connectivity index (χ2n) is 7.23. The molecule has 0 aliphatic heterocycles. The molecule has 1 fully saturated rings. The van der Waals surface area contributed by atoms with E-state index in [0.717, 1.165) is 54.3 Å². The van der Waals surface area contributed by atoms with Gasteiger partial charge in [0.15, 0.2) is 0 Å². The zero-order valence-electron chi connectivity index (χ0n) is 16.3. The summed E-state index contributed by atoms with van der Waals surface area (Å²) in [5.41, 5.74) is 4.12. The highest BCUT2D eigenvalue weighted by atomic mass is 16.2. The first-order valence-electron chi connectivity index (χ1n) is 9.63. The maximum atomic E-state index is 12.4. The Morgan fingerprint density at radius 2 is 1.96 bits per heavy atom. The van der Waals surface area contributed by atoms with E-state index in [1.54, 1.807) is 0 Å². The molecule has 26 heavy (non-hydrogen) atoms. The molecular weight excluding hydrogens is 328 g/mol. The zero-order chi connectivity index (χ0) is 18.7. The minimum absolute atomic E-state index is 0.203. The number of carbonyl (C=O) groups excluding carboxylic acids is 1.